The van der Waals surface area contributed by atoms with E-state index in [0.717, 1.165) is 22.0 Å². The Balaban J connectivity index is 1.36. The summed E-state index contributed by atoms with van der Waals surface area (Å²) in [6.45, 7) is 0.805. The van der Waals surface area contributed by atoms with Crippen LogP contribution in [-0.2, 0) is 0 Å². The molecule has 2 amide bonds. The van der Waals surface area contributed by atoms with Gasteiger partial charge in [-0.3, -0.25) is 4.40 Å². The van der Waals surface area contributed by atoms with Crippen molar-refractivity contribution in [2.24, 2.45) is 0 Å². The second-order valence-corrected chi connectivity index (χ2v) is 6.68. The molecule has 0 aliphatic rings. The Labute approximate surface area is 160 Å². The maximum Gasteiger partial charge on any atom is 0.319 e. The van der Waals surface area contributed by atoms with E-state index in [2.05, 4.69) is 15.6 Å². The number of carbonyl (C=O) groups excluding carboxylic acids is 1. The summed E-state index contributed by atoms with van der Waals surface area (Å²) in [5.74, 6) is 0.782. The monoisotopic (exact) mass is 378 g/mol. The minimum atomic E-state index is -0.278. The second-order valence-electron chi connectivity index (χ2n) is 5.81. The number of nitrogens with zero attached hydrogens (tertiary/aromatic N) is 2. The van der Waals surface area contributed by atoms with E-state index in [0.29, 0.717) is 18.8 Å². The maximum absolute atomic E-state index is 12.2. The van der Waals surface area contributed by atoms with Crippen molar-refractivity contribution in [3.05, 3.63) is 72.4 Å². The summed E-state index contributed by atoms with van der Waals surface area (Å²) in [4.78, 5) is 17.8. The number of amides is 2. The Hall–Kier alpha value is -3.32. The number of urea groups is 1. The van der Waals surface area contributed by atoms with Crippen molar-refractivity contribution in [2.75, 3.05) is 18.5 Å². The lowest BCUT2D eigenvalue weighted by Gasteiger charge is -2.11. The molecule has 4 rings (SSSR count). The molecule has 2 aromatic carbocycles. The minimum absolute atomic E-state index is 0.278. The van der Waals surface area contributed by atoms with Crippen LogP contribution in [0.2, 0.25) is 0 Å². The molecule has 136 valence electrons. The van der Waals surface area contributed by atoms with Crippen molar-refractivity contribution in [3.8, 4) is 17.0 Å². The van der Waals surface area contributed by atoms with E-state index in [1.807, 2.05) is 76.8 Å². The van der Waals surface area contributed by atoms with Crippen molar-refractivity contribution in [1.82, 2.24) is 14.7 Å². The zero-order valence-corrected chi connectivity index (χ0v) is 15.3. The fourth-order valence-electron chi connectivity index (χ4n) is 2.69. The number of para-hydroxylation sites is 2. The van der Waals surface area contributed by atoms with Crippen molar-refractivity contribution in [1.29, 1.82) is 0 Å². The number of aromatic nitrogens is 2. The molecular formula is C20H18N4O2S. The molecule has 0 bridgehead atoms. The molecule has 6 nitrogen and oxygen atoms in total. The summed E-state index contributed by atoms with van der Waals surface area (Å²) < 4.78 is 7.54. The van der Waals surface area contributed by atoms with E-state index in [4.69, 9.17) is 4.74 Å². The fraction of sp³-hybridized carbons (Fsp3) is 0.100. The summed E-state index contributed by atoms with van der Waals surface area (Å²) in [5, 5.41) is 7.68. The third-order valence-electron chi connectivity index (χ3n) is 3.94. The fourth-order valence-corrected chi connectivity index (χ4v) is 3.39. The molecule has 0 unspecified atom stereocenters. The Bertz CT molecular complexity index is 1010. The summed E-state index contributed by atoms with van der Waals surface area (Å²) in [7, 11) is 0. The molecule has 0 aliphatic carbocycles. The Morgan fingerprint density at radius 2 is 1.93 bits per heavy atom. The first-order valence-corrected chi connectivity index (χ1v) is 9.42. The molecule has 0 atom stereocenters. The van der Waals surface area contributed by atoms with Gasteiger partial charge in [-0.2, -0.15) is 0 Å². The van der Waals surface area contributed by atoms with Gasteiger partial charge in [0.05, 0.1) is 17.9 Å². The van der Waals surface area contributed by atoms with Crippen molar-refractivity contribution in [2.45, 2.75) is 0 Å². The number of anilines is 1. The van der Waals surface area contributed by atoms with Gasteiger partial charge >= 0.3 is 6.03 Å². The maximum atomic E-state index is 12.2. The van der Waals surface area contributed by atoms with Gasteiger partial charge in [0.1, 0.15) is 12.4 Å². The van der Waals surface area contributed by atoms with Gasteiger partial charge in [0, 0.05) is 23.3 Å². The molecule has 7 heteroatoms. The zero-order valence-electron chi connectivity index (χ0n) is 14.5. The van der Waals surface area contributed by atoms with E-state index < -0.39 is 0 Å². The SMILES string of the molecule is O=C(NCCOc1ccccc1)Nc1ccccc1-c1cn2ccsc2n1. The first kappa shape index (κ1) is 17.1. The van der Waals surface area contributed by atoms with Crippen LogP contribution in [0, 0.1) is 0 Å². The van der Waals surface area contributed by atoms with Crippen LogP contribution in [-0.4, -0.2) is 28.6 Å². The number of hydrogen-bond donors (Lipinski definition) is 2. The summed E-state index contributed by atoms with van der Waals surface area (Å²) in [6.07, 6.45) is 3.92. The summed E-state index contributed by atoms with van der Waals surface area (Å²) in [5.41, 5.74) is 2.42. The van der Waals surface area contributed by atoms with Crippen LogP contribution in [0.4, 0.5) is 10.5 Å². The Kier molecular flexibility index (Phi) is 5.02. The minimum Gasteiger partial charge on any atom is -0.492 e. The van der Waals surface area contributed by atoms with Gasteiger partial charge < -0.3 is 15.4 Å². The lowest BCUT2D eigenvalue weighted by molar-refractivity contribution is 0.247. The lowest BCUT2D eigenvalue weighted by Crippen LogP contribution is -2.32. The first-order valence-electron chi connectivity index (χ1n) is 8.54. The van der Waals surface area contributed by atoms with Crippen molar-refractivity contribution < 1.29 is 9.53 Å². The molecule has 0 aliphatic heterocycles. The average molecular weight is 378 g/mol. The van der Waals surface area contributed by atoms with Gasteiger partial charge in [-0.05, 0) is 18.2 Å². The van der Waals surface area contributed by atoms with Crippen LogP contribution in [0.1, 0.15) is 0 Å². The Morgan fingerprint density at radius 1 is 1.11 bits per heavy atom. The van der Waals surface area contributed by atoms with Crippen LogP contribution in [0.25, 0.3) is 16.2 Å². The van der Waals surface area contributed by atoms with Crippen LogP contribution < -0.4 is 15.4 Å². The highest BCUT2D eigenvalue weighted by Crippen LogP contribution is 2.28. The van der Waals surface area contributed by atoms with Gasteiger partial charge in [0.25, 0.3) is 0 Å². The van der Waals surface area contributed by atoms with Crippen LogP contribution in [0.3, 0.4) is 0 Å². The number of fused-ring (bicyclic) bond motifs is 1. The second kappa shape index (κ2) is 7.92. The van der Waals surface area contributed by atoms with Gasteiger partial charge in [-0.15, -0.1) is 11.3 Å². The predicted octanol–water partition coefficient (Wildman–Crippen LogP) is 4.26. The van der Waals surface area contributed by atoms with Crippen molar-refractivity contribution >= 4 is 28.0 Å². The quantitative estimate of drug-likeness (QED) is 0.493. The first-order chi connectivity index (χ1) is 13.3. The normalized spacial score (nSPS) is 10.7. The average Bonchev–Trinajstić information content (AvgIpc) is 3.29. The van der Waals surface area contributed by atoms with E-state index in [1.165, 1.54) is 0 Å². The molecule has 2 heterocycles. The number of benzene rings is 2. The van der Waals surface area contributed by atoms with Gasteiger partial charge in [-0.25, -0.2) is 9.78 Å². The third kappa shape index (κ3) is 4.09. The van der Waals surface area contributed by atoms with Crippen LogP contribution in [0.5, 0.6) is 5.75 Å². The van der Waals surface area contributed by atoms with Crippen LogP contribution in [0.15, 0.2) is 72.4 Å². The predicted molar refractivity (Wildman–Crippen MR) is 107 cm³/mol. The Morgan fingerprint density at radius 3 is 2.78 bits per heavy atom. The van der Waals surface area contributed by atoms with Gasteiger partial charge in [0.15, 0.2) is 4.96 Å². The molecule has 0 fully saturated rings. The standard InChI is InChI=1S/C20H18N4O2S/c25-19(21-10-12-26-15-6-2-1-3-7-15)22-17-9-5-4-8-16(17)18-14-24-11-13-27-20(24)23-18/h1-9,11,13-14H,10,12H2,(H2,21,22,25). The molecule has 0 saturated heterocycles. The highest BCUT2D eigenvalue weighted by Gasteiger charge is 2.11. The number of nitrogens with one attached hydrogen (secondary N) is 2. The molecular weight excluding hydrogens is 360 g/mol. The molecule has 4 aromatic rings. The molecule has 0 radical (unpaired) electrons. The van der Waals surface area contributed by atoms with Gasteiger partial charge in [0.2, 0.25) is 0 Å². The topological polar surface area (TPSA) is 67.7 Å². The molecule has 0 spiro atoms. The number of thiazole rings is 1. The largest absolute Gasteiger partial charge is 0.492 e. The highest BCUT2D eigenvalue weighted by atomic mass is 32.1. The van der Waals surface area contributed by atoms with Crippen molar-refractivity contribution in [3.63, 3.8) is 0 Å². The van der Waals surface area contributed by atoms with Gasteiger partial charge in [-0.1, -0.05) is 36.4 Å². The van der Waals surface area contributed by atoms with E-state index in [9.17, 15) is 4.79 Å². The van der Waals surface area contributed by atoms with E-state index in [-0.39, 0.29) is 6.03 Å². The third-order valence-corrected chi connectivity index (χ3v) is 4.71. The summed E-state index contributed by atoms with van der Waals surface area (Å²) in [6, 6.07) is 16.9. The molecule has 27 heavy (non-hydrogen) atoms. The summed E-state index contributed by atoms with van der Waals surface area (Å²) >= 11 is 1.57. The number of ether oxygens (including phenoxy) is 1. The highest BCUT2D eigenvalue weighted by molar-refractivity contribution is 7.15. The van der Waals surface area contributed by atoms with E-state index in [1.54, 1.807) is 11.3 Å². The number of carbonyl (C=O) groups is 1. The van der Waals surface area contributed by atoms with E-state index >= 15 is 0 Å². The lowest BCUT2D eigenvalue weighted by atomic mass is 10.1. The smallest absolute Gasteiger partial charge is 0.319 e. The molecule has 0 saturated carbocycles. The number of rotatable bonds is 6. The molecule has 2 aromatic heterocycles. The molecule has 2 N–H and O–H groups in total. The number of hydrogen-bond acceptors (Lipinski definition) is 4. The number of imidazole rings is 1. The zero-order chi connectivity index (χ0) is 18.5. The van der Waals surface area contributed by atoms with Crippen LogP contribution >= 0.6 is 11.3 Å².